The molecule has 0 unspecified atom stereocenters. The van der Waals surface area contributed by atoms with Gasteiger partial charge in [-0.05, 0) is 24.6 Å². The number of carbonyl (C=O) groups is 2. The third kappa shape index (κ3) is 4.52. The number of methoxy groups -OCH3 is 2. The predicted octanol–water partition coefficient (Wildman–Crippen LogP) is 2.12. The molecule has 0 aliphatic carbocycles. The van der Waals surface area contributed by atoms with Gasteiger partial charge in [0.1, 0.15) is 5.76 Å². The van der Waals surface area contributed by atoms with Crippen LogP contribution < -0.4 is 9.47 Å². The van der Waals surface area contributed by atoms with Gasteiger partial charge in [-0.25, -0.2) is 4.79 Å². The van der Waals surface area contributed by atoms with E-state index < -0.39 is 11.8 Å². The molecule has 1 N–H and O–H groups in total. The van der Waals surface area contributed by atoms with Crippen LogP contribution in [0.2, 0.25) is 0 Å². The second-order valence-corrected chi connectivity index (χ2v) is 4.10. The summed E-state index contributed by atoms with van der Waals surface area (Å²) in [6, 6.07) is 4.70. The Morgan fingerprint density at radius 1 is 1.24 bits per heavy atom. The van der Waals surface area contributed by atoms with Gasteiger partial charge in [-0.1, -0.05) is 6.92 Å². The van der Waals surface area contributed by atoms with Gasteiger partial charge in [0.05, 0.1) is 20.8 Å². The van der Waals surface area contributed by atoms with E-state index in [1.54, 1.807) is 12.1 Å². The van der Waals surface area contributed by atoms with Crippen molar-refractivity contribution >= 4 is 17.5 Å². The van der Waals surface area contributed by atoms with E-state index in [1.807, 2.05) is 6.92 Å². The highest BCUT2D eigenvalue weighted by molar-refractivity contribution is 6.39. The van der Waals surface area contributed by atoms with Crippen LogP contribution in [0.5, 0.6) is 11.5 Å². The van der Waals surface area contributed by atoms with Crippen LogP contribution in [-0.2, 0) is 14.3 Å². The summed E-state index contributed by atoms with van der Waals surface area (Å²) in [6.45, 7) is 2.52. The molecule has 6 nitrogen and oxygen atoms in total. The summed E-state index contributed by atoms with van der Waals surface area (Å²) in [7, 11) is 2.56. The summed E-state index contributed by atoms with van der Waals surface area (Å²) in [6.07, 6.45) is 1.65. The van der Waals surface area contributed by atoms with Crippen molar-refractivity contribution in [2.75, 3.05) is 20.8 Å². The number of benzene rings is 1. The van der Waals surface area contributed by atoms with Gasteiger partial charge in [-0.2, -0.15) is 0 Å². The maximum atomic E-state index is 11.4. The average Bonchev–Trinajstić information content (AvgIpc) is 2.51. The fraction of sp³-hybridized carbons (Fsp3) is 0.333. The van der Waals surface area contributed by atoms with E-state index in [0.717, 1.165) is 19.6 Å². The van der Waals surface area contributed by atoms with Gasteiger partial charge >= 0.3 is 5.97 Å². The third-order valence-electron chi connectivity index (χ3n) is 2.58. The summed E-state index contributed by atoms with van der Waals surface area (Å²) in [5.41, 5.74) is 0.327. The molecule has 0 saturated carbocycles. The molecular weight excluding hydrogens is 276 g/mol. The number of aliphatic hydroxyl groups is 1. The topological polar surface area (TPSA) is 82.1 Å². The highest BCUT2D eigenvalue weighted by atomic mass is 16.5. The van der Waals surface area contributed by atoms with Crippen molar-refractivity contribution in [3.05, 3.63) is 29.8 Å². The zero-order valence-electron chi connectivity index (χ0n) is 12.2. The van der Waals surface area contributed by atoms with Crippen LogP contribution in [0.1, 0.15) is 18.9 Å². The molecule has 0 spiro atoms. The second-order valence-electron chi connectivity index (χ2n) is 4.10. The average molecular weight is 294 g/mol. The standard InChI is InChI=1S/C15H18O6/c1-4-7-21-13-6-5-10(8-14(13)19-2)11(16)9-12(17)15(18)20-3/h5-6,8-9,16H,4,7H2,1-3H3/b11-9-. The Morgan fingerprint density at radius 2 is 1.95 bits per heavy atom. The number of esters is 1. The van der Waals surface area contributed by atoms with E-state index in [4.69, 9.17) is 9.47 Å². The molecule has 1 aromatic rings. The minimum Gasteiger partial charge on any atom is -0.507 e. The van der Waals surface area contributed by atoms with Crippen molar-refractivity contribution in [3.8, 4) is 11.5 Å². The largest absolute Gasteiger partial charge is 0.507 e. The first-order chi connectivity index (χ1) is 10.0. The molecule has 6 heteroatoms. The Labute approximate surface area is 122 Å². The highest BCUT2D eigenvalue weighted by Gasteiger charge is 2.14. The number of ether oxygens (including phenoxy) is 3. The summed E-state index contributed by atoms with van der Waals surface area (Å²) in [5.74, 6) is -1.39. The van der Waals surface area contributed by atoms with Gasteiger partial charge in [-0.15, -0.1) is 0 Å². The SMILES string of the molecule is CCCOc1ccc(/C(O)=C/C(=O)C(=O)OC)cc1OC. The first kappa shape index (κ1) is 16.6. The van der Waals surface area contributed by atoms with Crippen molar-refractivity contribution in [2.45, 2.75) is 13.3 Å². The minimum atomic E-state index is -1.04. The van der Waals surface area contributed by atoms with E-state index in [2.05, 4.69) is 4.74 Å². The molecule has 0 aromatic heterocycles. The molecule has 0 amide bonds. The molecule has 0 fully saturated rings. The van der Waals surface area contributed by atoms with Crippen molar-refractivity contribution in [3.63, 3.8) is 0 Å². The maximum Gasteiger partial charge on any atom is 0.378 e. The number of carbonyl (C=O) groups excluding carboxylic acids is 2. The number of rotatable bonds is 7. The Morgan fingerprint density at radius 3 is 2.52 bits per heavy atom. The number of aliphatic hydroxyl groups excluding tert-OH is 1. The lowest BCUT2D eigenvalue weighted by Crippen LogP contribution is -2.13. The summed E-state index contributed by atoms with van der Waals surface area (Å²) in [5, 5.41) is 9.86. The molecule has 0 radical (unpaired) electrons. The smallest absolute Gasteiger partial charge is 0.378 e. The second kappa shape index (κ2) is 7.94. The number of hydrogen-bond acceptors (Lipinski definition) is 6. The van der Waals surface area contributed by atoms with Crippen LogP contribution in [0.15, 0.2) is 24.3 Å². The number of hydrogen-bond donors (Lipinski definition) is 1. The summed E-state index contributed by atoms with van der Waals surface area (Å²) in [4.78, 5) is 22.4. The molecule has 0 aliphatic heterocycles. The maximum absolute atomic E-state index is 11.4. The van der Waals surface area contributed by atoms with Gasteiger partial charge in [0.2, 0.25) is 0 Å². The van der Waals surface area contributed by atoms with E-state index in [9.17, 15) is 14.7 Å². The van der Waals surface area contributed by atoms with E-state index >= 15 is 0 Å². The summed E-state index contributed by atoms with van der Waals surface area (Å²) < 4.78 is 14.9. The fourth-order valence-electron chi connectivity index (χ4n) is 1.53. The summed E-state index contributed by atoms with van der Waals surface area (Å²) >= 11 is 0. The monoisotopic (exact) mass is 294 g/mol. The quantitative estimate of drug-likeness (QED) is 0.359. The Bertz CT molecular complexity index is 547. The van der Waals surface area contributed by atoms with E-state index in [1.165, 1.54) is 13.2 Å². The minimum absolute atomic E-state index is 0.327. The molecule has 21 heavy (non-hydrogen) atoms. The van der Waals surface area contributed by atoms with Crippen LogP contribution in [0, 0.1) is 0 Å². The van der Waals surface area contributed by atoms with Crippen LogP contribution in [0.4, 0.5) is 0 Å². The molecule has 0 saturated heterocycles. The zero-order chi connectivity index (χ0) is 15.8. The van der Waals surface area contributed by atoms with Crippen LogP contribution in [0.25, 0.3) is 5.76 Å². The third-order valence-corrected chi connectivity index (χ3v) is 2.58. The molecule has 0 heterocycles. The van der Waals surface area contributed by atoms with Gasteiger partial charge in [0.15, 0.2) is 11.5 Å². The molecule has 1 aromatic carbocycles. The Hall–Kier alpha value is -2.50. The fourth-order valence-corrected chi connectivity index (χ4v) is 1.53. The van der Waals surface area contributed by atoms with Crippen molar-refractivity contribution in [1.29, 1.82) is 0 Å². The first-order valence-electron chi connectivity index (χ1n) is 6.37. The number of ketones is 1. The Kier molecular flexibility index (Phi) is 6.26. The lowest BCUT2D eigenvalue weighted by Gasteiger charge is -2.11. The van der Waals surface area contributed by atoms with Gasteiger partial charge in [0.25, 0.3) is 5.78 Å². The molecule has 1 rings (SSSR count). The van der Waals surface area contributed by atoms with E-state index in [-0.39, 0.29) is 5.76 Å². The molecular formula is C15H18O6. The molecule has 0 bridgehead atoms. The lowest BCUT2D eigenvalue weighted by molar-refractivity contribution is -0.149. The van der Waals surface area contributed by atoms with Crippen molar-refractivity contribution in [1.82, 2.24) is 0 Å². The molecule has 114 valence electrons. The zero-order valence-corrected chi connectivity index (χ0v) is 12.2. The van der Waals surface area contributed by atoms with Gasteiger partial charge in [-0.3, -0.25) is 4.79 Å². The van der Waals surface area contributed by atoms with Crippen LogP contribution in [0.3, 0.4) is 0 Å². The normalized spacial score (nSPS) is 10.9. The molecule has 0 aliphatic rings. The van der Waals surface area contributed by atoms with Crippen LogP contribution in [-0.4, -0.2) is 37.7 Å². The predicted molar refractivity (Wildman–Crippen MR) is 76.4 cm³/mol. The Balaban J connectivity index is 3.00. The van der Waals surface area contributed by atoms with Gasteiger partial charge < -0.3 is 19.3 Å². The highest BCUT2D eigenvalue weighted by Crippen LogP contribution is 2.30. The van der Waals surface area contributed by atoms with Gasteiger partial charge in [0, 0.05) is 11.6 Å². The first-order valence-corrected chi connectivity index (χ1v) is 6.37. The van der Waals surface area contributed by atoms with Crippen LogP contribution >= 0.6 is 0 Å². The van der Waals surface area contributed by atoms with Crippen molar-refractivity contribution < 1.29 is 28.9 Å². The molecule has 0 atom stereocenters. The van der Waals surface area contributed by atoms with E-state index in [0.29, 0.717) is 23.7 Å². The lowest BCUT2D eigenvalue weighted by atomic mass is 10.1. The van der Waals surface area contributed by atoms with Crippen molar-refractivity contribution in [2.24, 2.45) is 0 Å².